The first-order valence-electron chi connectivity index (χ1n) is 12.7. The second-order valence-corrected chi connectivity index (χ2v) is 13.8. The van der Waals surface area contributed by atoms with Gasteiger partial charge in [-0.15, -0.1) is 0 Å². The minimum absolute atomic E-state index is 0.0680. The third-order valence-electron chi connectivity index (χ3n) is 5.53. The highest BCUT2D eigenvalue weighted by Crippen LogP contribution is 2.33. The van der Waals surface area contributed by atoms with Gasteiger partial charge in [-0.25, -0.2) is 0 Å². The van der Waals surface area contributed by atoms with Crippen molar-refractivity contribution in [3.8, 4) is 0 Å². The molecular weight excluding hydrogens is 412 g/mol. The van der Waals surface area contributed by atoms with Gasteiger partial charge < -0.3 is 20.9 Å². The van der Waals surface area contributed by atoms with Crippen LogP contribution in [0.5, 0.6) is 0 Å². The van der Waals surface area contributed by atoms with Crippen molar-refractivity contribution in [2.45, 2.75) is 94.9 Å². The molecule has 3 N–H and O–H groups in total. The standard InChI is InChI=1S/C27H56N4O2/c1-24(2,3)18-26(7,8)20-29-22(32)12-15-31(17-14-28-11)16-13-23(33)30-21-27(9,10)19-25(4,5)6/h28H,12-21H2,1-11H3,(H,29,32)(H,30,33). The number of likely N-dealkylation sites (N-methyl/N-ethyl adjacent to an activating group) is 1. The fourth-order valence-corrected chi connectivity index (χ4v) is 4.97. The molecule has 2 amide bonds. The Balaban J connectivity index is 4.52. The molecule has 0 aromatic heterocycles. The largest absolute Gasteiger partial charge is 0.356 e. The van der Waals surface area contributed by atoms with Gasteiger partial charge in [0.05, 0.1) is 0 Å². The van der Waals surface area contributed by atoms with Crippen LogP contribution in [0.15, 0.2) is 0 Å². The van der Waals surface area contributed by atoms with Crippen molar-refractivity contribution >= 4 is 11.8 Å². The van der Waals surface area contributed by atoms with E-state index in [0.717, 1.165) is 25.9 Å². The van der Waals surface area contributed by atoms with Gasteiger partial charge in [0.25, 0.3) is 0 Å². The van der Waals surface area contributed by atoms with E-state index in [9.17, 15) is 9.59 Å². The van der Waals surface area contributed by atoms with Gasteiger partial charge in [-0.1, -0.05) is 69.2 Å². The summed E-state index contributed by atoms with van der Waals surface area (Å²) in [4.78, 5) is 27.1. The molecule has 6 heteroatoms. The van der Waals surface area contributed by atoms with Crippen LogP contribution < -0.4 is 16.0 Å². The number of amides is 2. The Morgan fingerprint density at radius 2 is 1.00 bits per heavy atom. The smallest absolute Gasteiger partial charge is 0.221 e. The van der Waals surface area contributed by atoms with Crippen LogP contribution in [0.3, 0.4) is 0 Å². The monoisotopic (exact) mass is 468 g/mol. The minimum Gasteiger partial charge on any atom is -0.356 e. The van der Waals surface area contributed by atoms with E-state index in [1.807, 2.05) is 7.05 Å². The molecule has 0 aliphatic carbocycles. The van der Waals surface area contributed by atoms with Crippen molar-refractivity contribution in [2.24, 2.45) is 21.7 Å². The minimum atomic E-state index is 0.0680. The van der Waals surface area contributed by atoms with E-state index in [1.165, 1.54) is 0 Å². The normalized spacial score (nSPS) is 13.3. The molecule has 196 valence electrons. The summed E-state index contributed by atoms with van der Waals surface area (Å²) in [7, 11) is 1.92. The predicted molar refractivity (Wildman–Crippen MR) is 141 cm³/mol. The van der Waals surface area contributed by atoms with Gasteiger partial charge >= 0.3 is 0 Å². The molecule has 0 fully saturated rings. The van der Waals surface area contributed by atoms with Gasteiger partial charge in [0.2, 0.25) is 11.8 Å². The lowest BCUT2D eigenvalue weighted by atomic mass is 9.76. The Morgan fingerprint density at radius 1 is 0.636 bits per heavy atom. The average molecular weight is 469 g/mol. The summed E-state index contributed by atoms with van der Waals surface area (Å²) >= 11 is 0. The highest BCUT2D eigenvalue weighted by atomic mass is 16.2. The molecule has 0 aromatic rings. The van der Waals surface area contributed by atoms with Gasteiger partial charge in [0, 0.05) is 52.1 Å². The summed E-state index contributed by atoms with van der Waals surface area (Å²) < 4.78 is 0. The van der Waals surface area contributed by atoms with E-state index in [-0.39, 0.29) is 33.5 Å². The van der Waals surface area contributed by atoms with Crippen LogP contribution in [0.2, 0.25) is 0 Å². The zero-order valence-corrected chi connectivity index (χ0v) is 23.8. The zero-order valence-electron chi connectivity index (χ0n) is 23.8. The number of nitrogens with zero attached hydrogens (tertiary/aromatic N) is 1. The lowest BCUT2D eigenvalue weighted by molar-refractivity contribution is -0.122. The molecular formula is C27H56N4O2. The molecule has 0 saturated carbocycles. The molecule has 6 nitrogen and oxygen atoms in total. The summed E-state index contributed by atoms with van der Waals surface area (Å²) in [5.41, 5.74) is 0.610. The maximum absolute atomic E-state index is 12.5. The van der Waals surface area contributed by atoms with Gasteiger partial charge in [-0.3, -0.25) is 9.59 Å². The summed E-state index contributed by atoms with van der Waals surface area (Å²) in [6.07, 6.45) is 3.01. The first-order valence-corrected chi connectivity index (χ1v) is 12.7. The van der Waals surface area contributed by atoms with Gasteiger partial charge in [0.15, 0.2) is 0 Å². The summed E-state index contributed by atoms with van der Waals surface area (Å²) in [5.74, 6) is 0.166. The van der Waals surface area contributed by atoms with E-state index >= 15 is 0 Å². The quantitative estimate of drug-likeness (QED) is 0.332. The third kappa shape index (κ3) is 18.9. The molecule has 0 heterocycles. The lowest BCUT2D eigenvalue weighted by Gasteiger charge is -2.32. The molecule has 0 saturated heterocycles. The molecule has 0 aromatic carbocycles. The zero-order chi connectivity index (χ0) is 25.9. The molecule has 0 bridgehead atoms. The van der Waals surface area contributed by atoms with Gasteiger partial charge in [-0.2, -0.15) is 0 Å². The lowest BCUT2D eigenvalue weighted by Crippen LogP contribution is -2.40. The molecule has 0 rings (SSSR count). The first kappa shape index (κ1) is 31.9. The molecule has 0 aliphatic rings. The topological polar surface area (TPSA) is 73.5 Å². The number of hydrogen-bond acceptors (Lipinski definition) is 4. The maximum Gasteiger partial charge on any atom is 0.221 e. The van der Waals surface area contributed by atoms with E-state index in [2.05, 4.69) is 90.1 Å². The Hall–Kier alpha value is -1.14. The molecule has 0 atom stereocenters. The number of hydrogen-bond donors (Lipinski definition) is 3. The summed E-state index contributed by atoms with van der Waals surface area (Å²) in [6.45, 7) is 26.6. The second-order valence-electron chi connectivity index (χ2n) is 13.8. The van der Waals surface area contributed by atoms with Crippen LogP contribution in [0.1, 0.15) is 94.9 Å². The Bertz CT molecular complexity index is 538. The second kappa shape index (κ2) is 13.7. The average Bonchev–Trinajstić information content (AvgIpc) is 2.60. The molecule has 0 unspecified atom stereocenters. The SMILES string of the molecule is CNCCN(CCC(=O)NCC(C)(C)CC(C)(C)C)CCC(=O)NCC(C)(C)CC(C)(C)C. The van der Waals surface area contributed by atoms with Crippen molar-refractivity contribution in [3.63, 3.8) is 0 Å². The first-order chi connectivity index (χ1) is 14.8. The molecule has 0 radical (unpaired) electrons. The van der Waals surface area contributed by atoms with Gasteiger partial charge in [-0.05, 0) is 41.5 Å². The van der Waals surface area contributed by atoms with Gasteiger partial charge in [0.1, 0.15) is 0 Å². The fourth-order valence-electron chi connectivity index (χ4n) is 4.97. The summed E-state index contributed by atoms with van der Waals surface area (Å²) in [5, 5.41) is 9.40. The van der Waals surface area contributed by atoms with Crippen molar-refractivity contribution < 1.29 is 9.59 Å². The Kier molecular flexibility index (Phi) is 13.2. The van der Waals surface area contributed by atoms with Crippen LogP contribution in [0, 0.1) is 21.7 Å². The van der Waals surface area contributed by atoms with Crippen molar-refractivity contribution in [1.29, 1.82) is 0 Å². The van der Waals surface area contributed by atoms with Crippen LogP contribution in [0.25, 0.3) is 0 Å². The molecule has 0 spiro atoms. The third-order valence-corrected chi connectivity index (χ3v) is 5.53. The number of carbonyl (C=O) groups excluding carboxylic acids is 2. The maximum atomic E-state index is 12.5. The van der Waals surface area contributed by atoms with Crippen molar-refractivity contribution in [1.82, 2.24) is 20.9 Å². The number of nitrogens with one attached hydrogen (secondary N) is 3. The highest BCUT2D eigenvalue weighted by molar-refractivity contribution is 5.76. The van der Waals surface area contributed by atoms with Crippen LogP contribution >= 0.6 is 0 Å². The fraction of sp³-hybridized carbons (Fsp3) is 0.926. The van der Waals surface area contributed by atoms with Crippen LogP contribution in [-0.4, -0.2) is 63.0 Å². The molecule has 33 heavy (non-hydrogen) atoms. The number of rotatable bonds is 15. The van der Waals surface area contributed by atoms with Crippen molar-refractivity contribution in [2.75, 3.05) is 46.3 Å². The number of carbonyl (C=O) groups is 2. The predicted octanol–water partition coefficient (Wildman–Crippen LogP) is 4.45. The highest BCUT2D eigenvalue weighted by Gasteiger charge is 2.27. The van der Waals surface area contributed by atoms with E-state index < -0.39 is 0 Å². The molecule has 0 aliphatic heterocycles. The van der Waals surface area contributed by atoms with E-state index in [1.54, 1.807) is 0 Å². The van der Waals surface area contributed by atoms with Crippen LogP contribution in [-0.2, 0) is 9.59 Å². The summed E-state index contributed by atoms with van der Waals surface area (Å²) in [6, 6.07) is 0. The Labute approximate surface area is 205 Å². The van der Waals surface area contributed by atoms with E-state index in [0.29, 0.717) is 39.0 Å². The van der Waals surface area contributed by atoms with Crippen LogP contribution in [0.4, 0.5) is 0 Å². The van der Waals surface area contributed by atoms with E-state index in [4.69, 9.17) is 0 Å². The van der Waals surface area contributed by atoms with Crippen molar-refractivity contribution in [3.05, 3.63) is 0 Å². The Morgan fingerprint density at radius 3 is 1.30 bits per heavy atom.